The normalized spacial score (nSPS) is 12.4. The second kappa shape index (κ2) is 7.57. The van der Waals surface area contributed by atoms with Crippen molar-refractivity contribution in [2.45, 2.75) is 32.7 Å². The number of aryl methyl sites for hydroxylation is 1. The van der Waals surface area contributed by atoms with Gasteiger partial charge in [0, 0.05) is 37.6 Å². The minimum atomic E-state index is 0.336. The zero-order valence-electron chi connectivity index (χ0n) is 13.4. The summed E-state index contributed by atoms with van der Waals surface area (Å²) in [6.45, 7) is 5.30. The van der Waals surface area contributed by atoms with Crippen LogP contribution in [-0.2, 0) is 6.42 Å². The first-order valence-corrected chi connectivity index (χ1v) is 8.39. The second-order valence-electron chi connectivity index (χ2n) is 5.55. The summed E-state index contributed by atoms with van der Waals surface area (Å²) in [5, 5.41) is 6.95. The quantitative estimate of drug-likeness (QED) is 0.843. The Morgan fingerprint density at radius 2 is 1.95 bits per heavy atom. The number of aromatic nitrogens is 1. The number of nitrogens with one attached hydrogen (secondary N) is 1. The van der Waals surface area contributed by atoms with Gasteiger partial charge < -0.3 is 10.2 Å². The molecule has 1 N–H and O–H groups in total. The Hall–Kier alpha value is -1.39. The van der Waals surface area contributed by atoms with Crippen molar-refractivity contribution < 1.29 is 0 Å². The molecule has 0 saturated heterocycles. The van der Waals surface area contributed by atoms with Crippen LogP contribution in [0.15, 0.2) is 29.6 Å². The van der Waals surface area contributed by atoms with Crippen LogP contribution in [0.5, 0.6) is 0 Å². The molecule has 21 heavy (non-hydrogen) atoms. The second-order valence-corrected chi connectivity index (χ2v) is 6.62. The van der Waals surface area contributed by atoms with E-state index < -0.39 is 0 Å². The van der Waals surface area contributed by atoms with Gasteiger partial charge in [-0.1, -0.05) is 19.1 Å². The predicted octanol–water partition coefficient (Wildman–Crippen LogP) is 3.80. The Kier molecular flexibility index (Phi) is 5.76. The van der Waals surface area contributed by atoms with Gasteiger partial charge >= 0.3 is 0 Å². The van der Waals surface area contributed by atoms with Gasteiger partial charge in [0.15, 0.2) is 0 Å². The van der Waals surface area contributed by atoms with Gasteiger partial charge in [-0.2, -0.15) is 0 Å². The standard InChI is InChI=1S/C17H25N3S/c1-5-10-18-17(11-15-12-21-13(2)19-15)14-6-8-16(9-7-14)20(3)4/h6-9,12,17-18H,5,10-11H2,1-4H3. The van der Waals surface area contributed by atoms with Crippen LogP contribution >= 0.6 is 11.3 Å². The lowest BCUT2D eigenvalue weighted by atomic mass is 10.0. The molecule has 0 amide bonds. The highest BCUT2D eigenvalue weighted by Gasteiger charge is 2.13. The number of anilines is 1. The summed E-state index contributed by atoms with van der Waals surface area (Å²) in [7, 11) is 4.14. The van der Waals surface area contributed by atoms with E-state index in [1.165, 1.54) is 16.9 Å². The summed E-state index contributed by atoms with van der Waals surface area (Å²) in [5.74, 6) is 0. The van der Waals surface area contributed by atoms with Crippen LogP contribution < -0.4 is 10.2 Å². The lowest BCUT2D eigenvalue weighted by Crippen LogP contribution is -2.24. The minimum Gasteiger partial charge on any atom is -0.378 e. The van der Waals surface area contributed by atoms with Crippen molar-refractivity contribution in [2.75, 3.05) is 25.5 Å². The number of hydrogen-bond donors (Lipinski definition) is 1. The van der Waals surface area contributed by atoms with Crippen molar-refractivity contribution in [1.82, 2.24) is 10.3 Å². The molecule has 1 unspecified atom stereocenters. The number of rotatable bonds is 7. The van der Waals surface area contributed by atoms with Crippen molar-refractivity contribution in [3.63, 3.8) is 0 Å². The van der Waals surface area contributed by atoms with Crippen LogP contribution in [0, 0.1) is 6.92 Å². The van der Waals surface area contributed by atoms with Crippen molar-refractivity contribution in [3.05, 3.63) is 45.9 Å². The van der Waals surface area contributed by atoms with Gasteiger partial charge in [-0.15, -0.1) is 11.3 Å². The summed E-state index contributed by atoms with van der Waals surface area (Å²) >= 11 is 1.73. The maximum absolute atomic E-state index is 4.60. The third-order valence-corrected chi connectivity index (χ3v) is 4.35. The topological polar surface area (TPSA) is 28.2 Å². The van der Waals surface area contributed by atoms with Crippen molar-refractivity contribution in [2.24, 2.45) is 0 Å². The molecule has 0 radical (unpaired) electrons. The summed E-state index contributed by atoms with van der Waals surface area (Å²) in [4.78, 5) is 6.73. The molecule has 0 aliphatic heterocycles. The van der Waals surface area contributed by atoms with Crippen LogP contribution in [0.2, 0.25) is 0 Å². The molecule has 3 nitrogen and oxygen atoms in total. The van der Waals surface area contributed by atoms with Crippen LogP contribution in [0.3, 0.4) is 0 Å². The van der Waals surface area contributed by atoms with Crippen molar-refractivity contribution in [3.8, 4) is 0 Å². The fourth-order valence-corrected chi connectivity index (χ4v) is 2.97. The molecule has 4 heteroatoms. The molecule has 0 bridgehead atoms. The number of nitrogens with zero attached hydrogens (tertiary/aromatic N) is 2. The van der Waals surface area contributed by atoms with E-state index in [1.807, 2.05) is 0 Å². The highest BCUT2D eigenvalue weighted by molar-refractivity contribution is 7.09. The maximum Gasteiger partial charge on any atom is 0.0897 e. The van der Waals surface area contributed by atoms with Gasteiger partial charge in [-0.3, -0.25) is 0 Å². The van der Waals surface area contributed by atoms with Gasteiger partial charge in [0.25, 0.3) is 0 Å². The Balaban J connectivity index is 2.14. The SMILES string of the molecule is CCCNC(Cc1csc(C)n1)c1ccc(N(C)C)cc1. The first-order valence-electron chi connectivity index (χ1n) is 7.51. The minimum absolute atomic E-state index is 0.336. The molecule has 1 heterocycles. The summed E-state index contributed by atoms with van der Waals surface area (Å²) in [6.07, 6.45) is 2.09. The Bertz CT molecular complexity index is 545. The highest BCUT2D eigenvalue weighted by atomic mass is 32.1. The molecule has 114 valence electrons. The molecule has 0 saturated carbocycles. The van der Waals surface area contributed by atoms with E-state index in [0.717, 1.165) is 24.4 Å². The third kappa shape index (κ3) is 4.55. The third-order valence-electron chi connectivity index (χ3n) is 3.53. The van der Waals surface area contributed by atoms with E-state index in [0.29, 0.717) is 6.04 Å². The number of hydrogen-bond acceptors (Lipinski definition) is 4. The van der Waals surface area contributed by atoms with E-state index in [-0.39, 0.29) is 0 Å². The van der Waals surface area contributed by atoms with Crippen LogP contribution in [0.25, 0.3) is 0 Å². The van der Waals surface area contributed by atoms with E-state index in [2.05, 4.69) is 72.8 Å². The summed E-state index contributed by atoms with van der Waals surface area (Å²) in [6, 6.07) is 9.15. The van der Waals surface area contributed by atoms with Crippen LogP contribution in [-0.4, -0.2) is 25.6 Å². The molecule has 1 aromatic heterocycles. The fraction of sp³-hybridized carbons (Fsp3) is 0.471. The Labute approximate surface area is 132 Å². The molecular formula is C17H25N3S. The lowest BCUT2D eigenvalue weighted by molar-refractivity contribution is 0.525. The zero-order chi connectivity index (χ0) is 15.2. The molecule has 0 fully saturated rings. The average Bonchev–Trinajstić information content (AvgIpc) is 2.89. The fourth-order valence-electron chi connectivity index (χ4n) is 2.34. The lowest BCUT2D eigenvalue weighted by Gasteiger charge is -2.20. The van der Waals surface area contributed by atoms with Gasteiger partial charge in [0.05, 0.1) is 10.7 Å². The van der Waals surface area contributed by atoms with Gasteiger partial charge in [-0.25, -0.2) is 4.98 Å². The van der Waals surface area contributed by atoms with E-state index in [9.17, 15) is 0 Å². The van der Waals surface area contributed by atoms with E-state index in [1.54, 1.807) is 11.3 Å². The molecule has 0 spiro atoms. The largest absolute Gasteiger partial charge is 0.378 e. The Morgan fingerprint density at radius 3 is 2.48 bits per heavy atom. The molecule has 2 rings (SSSR count). The van der Waals surface area contributed by atoms with Gasteiger partial charge in [0.2, 0.25) is 0 Å². The van der Waals surface area contributed by atoms with E-state index in [4.69, 9.17) is 0 Å². The van der Waals surface area contributed by atoms with Crippen LogP contribution in [0.1, 0.15) is 35.7 Å². The van der Waals surface area contributed by atoms with Gasteiger partial charge in [-0.05, 0) is 37.6 Å². The summed E-state index contributed by atoms with van der Waals surface area (Å²) in [5.41, 5.74) is 3.75. The van der Waals surface area contributed by atoms with Crippen molar-refractivity contribution in [1.29, 1.82) is 0 Å². The maximum atomic E-state index is 4.60. The van der Waals surface area contributed by atoms with Crippen molar-refractivity contribution >= 4 is 17.0 Å². The monoisotopic (exact) mass is 303 g/mol. The molecule has 1 aromatic carbocycles. The first-order chi connectivity index (χ1) is 10.1. The first kappa shape index (κ1) is 16.0. The smallest absolute Gasteiger partial charge is 0.0897 e. The zero-order valence-corrected chi connectivity index (χ0v) is 14.2. The number of thiazole rings is 1. The summed E-state index contributed by atoms with van der Waals surface area (Å²) < 4.78 is 0. The highest BCUT2D eigenvalue weighted by Crippen LogP contribution is 2.22. The predicted molar refractivity (Wildman–Crippen MR) is 92.4 cm³/mol. The van der Waals surface area contributed by atoms with E-state index >= 15 is 0 Å². The van der Waals surface area contributed by atoms with Crippen LogP contribution in [0.4, 0.5) is 5.69 Å². The Morgan fingerprint density at radius 1 is 1.24 bits per heavy atom. The number of benzene rings is 1. The average molecular weight is 303 g/mol. The molecule has 2 aromatic rings. The molecular weight excluding hydrogens is 278 g/mol. The molecule has 1 atom stereocenters. The molecule has 0 aliphatic carbocycles. The molecule has 0 aliphatic rings. The van der Waals surface area contributed by atoms with Gasteiger partial charge in [0.1, 0.15) is 0 Å².